The topological polar surface area (TPSA) is 97.3 Å². The predicted octanol–water partition coefficient (Wildman–Crippen LogP) is 4.56. The number of amides is 1. The van der Waals surface area contributed by atoms with Crippen LogP contribution in [-0.4, -0.2) is 23.1 Å². The first kappa shape index (κ1) is 20.9. The predicted molar refractivity (Wildman–Crippen MR) is 112 cm³/mol. The average Bonchev–Trinajstić information content (AvgIpc) is 3.39. The number of nitriles is 1. The van der Waals surface area contributed by atoms with Crippen LogP contribution >= 0.6 is 0 Å². The highest BCUT2D eigenvalue weighted by Gasteiger charge is 2.26. The number of aryl methyl sites for hydroxylation is 1. The van der Waals surface area contributed by atoms with Gasteiger partial charge in [0.15, 0.2) is 6.61 Å². The summed E-state index contributed by atoms with van der Waals surface area (Å²) >= 11 is 0. The van der Waals surface area contributed by atoms with Gasteiger partial charge in [-0.1, -0.05) is 32.0 Å². The molecule has 0 radical (unpaired) electrons. The number of aromatic nitrogens is 1. The first-order valence-electron chi connectivity index (χ1n) is 9.69. The molecule has 7 heteroatoms. The van der Waals surface area contributed by atoms with E-state index in [1.807, 2.05) is 30.3 Å². The molecule has 0 saturated carbocycles. The molecule has 2 aromatic heterocycles. The first-order chi connectivity index (χ1) is 14.5. The highest BCUT2D eigenvalue weighted by molar-refractivity contribution is 5.98. The maximum Gasteiger partial charge on any atom is 0.343 e. The number of hydrogen-bond donors (Lipinski definition) is 1. The zero-order valence-electron chi connectivity index (χ0n) is 17.1. The largest absolute Gasteiger partial charge is 0.452 e. The summed E-state index contributed by atoms with van der Waals surface area (Å²) in [5.41, 5.74) is 1.80. The van der Waals surface area contributed by atoms with Gasteiger partial charge in [0.1, 0.15) is 23.0 Å². The normalized spacial score (nSPS) is 11.5. The number of para-hydroxylation sites is 1. The molecule has 0 bridgehead atoms. The van der Waals surface area contributed by atoms with Crippen LogP contribution in [0.15, 0.2) is 53.2 Å². The van der Waals surface area contributed by atoms with Crippen LogP contribution in [0.3, 0.4) is 0 Å². The number of benzene rings is 1. The minimum atomic E-state index is -0.781. The van der Waals surface area contributed by atoms with Gasteiger partial charge in [-0.25, -0.2) is 4.79 Å². The lowest BCUT2D eigenvalue weighted by molar-refractivity contribution is -0.119. The van der Waals surface area contributed by atoms with E-state index in [1.165, 1.54) is 0 Å². The molecule has 0 unspecified atom stereocenters. The van der Waals surface area contributed by atoms with E-state index < -0.39 is 18.5 Å². The van der Waals surface area contributed by atoms with Crippen molar-refractivity contribution in [3.63, 3.8) is 0 Å². The summed E-state index contributed by atoms with van der Waals surface area (Å²) in [5.74, 6) is -0.467. The number of nitrogens with zero attached hydrogens (tertiary/aromatic N) is 2. The Morgan fingerprint density at radius 2 is 1.93 bits per heavy atom. The van der Waals surface area contributed by atoms with Crippen LogP contribution in [0.4, 0.5) is 5.69 Å². The Kier molecular flexibility index (Phi) is 6.38. The second-order valence-electron chi connectivity index (χ2n) is 6.94. The minimum Gasteiger partial charge on any atom is -0.452 e. The molecule has 0 spiro atoms. The van der Waals surface area contributed by atoms with Gasteiger partial charge >= 0.3 is 5.97 Å². The summed E-state index contributed by atoms with van der Waals surface area (Å²) < 4.78 is 12.4. The molecule has 0 aliphatic heterocycles. The number of carbonyl (C=O) groups is 2. The van der Waals surface area contributed by atoms with Gasteiger partial charge in [-0.15, -0.1) is 0 Å². The molecular formula is C23H23N3O4. The Morgan fingerprint density at radius 3 is 2.60 bits per heavy atom. The van der Waals surface area contributed by atoms with Gasteiger partial charge in [-0.2, -0.15) is 5.26 Å². The molecule has 0 saturated heterocycles. The third-order valence-corrected chi connectivity index (χ3v) is 4.93. The lowest BCUT2D eigenvalue weighted by Crippen LogP contribution is -2.22. The van der Waals surface area contributed by atoms with Crippen molar-refractivity contribution in [3.05, 3.63) is 71.2 Å². The fourth-order valence-corrected chi connectivity index (χ4v) is 3.18. The molecule has 0 aliphatic rings. The molecule has 1 atom stereocenters. The Hall–Kier alpha value is -3.79. The fraction of sp³-hybridized carbons (Fsp3) is 0.261. The quantitative estimate of drug-likeness (QED) is 0.581. The van der Waals surface area contributed by atoms with Gasteiger partial charge in [-0.05, 0) is 43.0 Å². The number of rotatable bonds is 7. The first-order valence-corrected chi connectivity index (χ1v) is 9.69. The van der Waals surface area contributed by atoms with Crippen molar-refractivity contribution in [3.8, 4) is 12.0 Å². The van der Waals surface area contributed by atoms with Crippen LogP contribution in [0.5, 0.6) is 0 Å². The third kappa shape index (κ3) is 4.28. The molecule has 1 aromatic carbocycles. The second-order valence-corrected chi connectivity index (χ2v) is 6.94. The second kappa shape index (κ2) is 9.14. The molecular weight excluding hydrogens is 382 g/mol. The Morgan fingerprint density at radius 1 is 1.23 bits per heavy atom. The number of ether oxygens (including phenoxy) is 1. The fourth-order valence-electron chi connectivity index (χ4n) is 3.18. The lowest BCUT2D eigenvalue weighted by Gasteiger charge is -2.15. The van der Waals surface area contributed by atoms with Crippen molar-refractivity contribution in [2.75, 3.05) is 11.9 Å². The highest BCUT2D eigenvalue weighted by atomic mass is 16.5. The molecule has 154 valence electrons. The van der Waals surface area contributed by atoms with Crippen molar-refractivity contribution in [2.45, 2.75) is 33.1 Å². The maximum absolute atomic E-state index is 12.6. The van der Waals surface area contributed by atoms with Crippen molar-refractivity contribution in [1.29, 1.82) is 5.26 Å². The lowest BCUT2D eigenvalue weighted by atomic mass is 9.97. The van der Waals surface area contributed by atoms with Crippen LogP contribution < -0.4 is 5.32 Å². The number of furan rings is 1. The summed E-state index contributed by atoms with van der Waals surface area (Å²) in [6.45, 7) is 5.26. The molecule has 0 fully saturated rings. The number of esters is 1. The molecule has 1 N–H and O–H groups in total. The van der Waals surface area contributed by atoms with Gasteiger partial charge in [-0.3, -0.25) is 9.36 Å². The highest BCUT2D eigenvalue weighted by Crippen LogP contribution is 2.27. The van der Waals surface area contributed by atoms with E-state index in [4.69, 9.17) is 9.15 Å². The average molecular weight is 405 g/mol. The molecule has 0 aliphatic carbocycles. The maximum atomic E-state index is 12.6. The van der Waals surface area contributed by atoms with Crippen LogP contribution in [0.25, 0.3) is 5.88 Å². The van der Waals surface area contributed by atoms with E-state index in [0.29, 0.717) is 5.69 Å². The van der Waals surface area contributed by atoms with Crippen molar-refractivity contribution in [1.82, 2.24) is 4.57 Å². The van der Waals surface area contributed by atoms with Crippen LogP contribution in [-0.2, 0) is 9.53 Å². The number of hydrogen-bond acceptors (Lipinski definition) is 5. The van der Waals surface area contributed by atoms with E-state index in [9.17, 15) is 14.9 Å². The van der Waals surface area contributed by atoms with Crippen molar-refractivity contribution >= 4 is 17.6 Å². The van der Waals surface area contributed by atoms with E-state index >= 15 is 0 Å². The van der Waals surface area contributed by atoms with Gasteiger partial charge < -0.3 is 14.5 Å². The van der Waals surface area contributed by atoms with E-state index in [-0.39, 0.29) is 28.7 Å². The van der Waals surface area contributed by atoms with Gasteiger partial charge in [0, 0.05) is 18.1 Å². The number of anilines is 1. The monoisotopic (exact) mass is 405 g/mol. The van der Waals surface area contributed by atoms with Crippen molar-refractivity contribution in [2.24, 2.45) is 0 Å². The molecule has 3 aromatic rings. The SMILES string of the molecule is CC[C@@H](C)c1ccccc1NC(=O)COC(=O)c1c(C)oc(-n2cccc2)c1C#N. The van der Waals surface area contributed by atoms with Gasteiger partial charge in [0.25, 0.3) is 5.91 Å². The van der Waals surface area contributed by atoms with Crippen molar-refractivity contribution < 1.29 is 18.7 Å². The van der Waals surface area contributed by atoms with Crippen LogP contribution in [0, 0.1) is 18.3 Å². The van der Waals surface area contributed by atoms with E-state index in [1.54, 1.807) is 36.0 Å². The molecule has 7 nitrogen and oxygen atoms in total. The van der Waals surface area contributed by atoms with Crippen LogP contribution in [0.1, 0.15) is 53.4 Å². The number of nitrogens with one attached hydrogen (secondary N) is 1. The third-order valence-electron chi connectivity index (χ3n) is 4.93. The summed E-state index contributed by atoms with van der Waals surface area (Å²) in [6.07, 6.45) is 4.34. The molecule has 3 rings (SSSR count). The molecule has 1 amide bonds. The summed E-state index contributed by atoms with van der Waals surface area (Å²) in [5, 5.41) is 12.3. The van der Waals surface area contributed by atoms with E-state index in [2.05, 4.69) is 19.2 Å². The zero-order chi connectivity index (χ0) is 21.7. The number of carbonyl (C=O) groups excluding carboxylic acids is 2. The smallest absolute Gasteiger partial charge is 0.343 e. The zero-order valence-corrected chi connectivity index (χ0v) is 17.1. The summed E-state index contributed by atoms with van der Waals surface area (Å²) in [4.78, 5) is 24.9. The Balaban J connectivity index is 1.71. The Bertz CT molecular complexity index is 1090. The van der Waals surface area contributed by atoms with Crippen LogP contribution in [0.2, 0.25) is 0 Å². The van der Waals surface area contributed by atoms with Gasteiger partial charge in [0.2, 0.25) is 5.88 Å². The van der Waals surface area contributed by atoms with Gasteiger partial charge in [0.05, 0.1) is 0 Å². The summed E-state index contributed by atoms with van der Waals surface area (Å²) in [7, 11) is 0. The molecule has 30 heavy (non-hydrogen) atoms. The molecule has 2 heterocycles. The minimum absolute atomic E-state index is 0.0222. The summed E-state index contributed by atoms with van der Waals surface area (Å²) in [6, 6.07) is 13.1. The Labute approximate surface area is 174 Å². The standard InChI is InChI=1S/C23H23N3O4/c1-4-15(2)17-9-5-6-10-19(17)25-20(27)14-29-23(28)21-16(3)30-22(18(21)13-24)26-11-7-8-12-26/h5-12,15H,4,14H2,1-3H3,(H,25,27)/t15-/m1/s1. The van der Waals surface area contributed by atoms with E-state index in [0.717, 1.165) is 12.0 Å².